The molecule has 13 heavy (non-hydrogen) atoms. The second kappa shape index (κ2) is 4.62. The molecule has 0 radical (unpaired) electrons. The molecule has 0 bridgehead atoms. The largest absolute Gasteiger partial charge is 0.495 e. The van der Waals surface area contributed by atoms with Crippen molar-refractivity contribution >= 4 is 0 Å². The lowest BCUT2D eigenvalue weighted by Crippen LogP contribution is -2.12. The zero-order chi connectivity index (χ0) is 9.68. The van der Waals surface area contributed by atoms with Crippen LogP contribution in [0.1, 0.15) is 18.2 Å². The highest BCUT2D eigenvalue weighted by Gasteiger charge is 2.10. The maximum absolute atomic E-state index is 5.87. The summed E-state index contributed by atoms with van der Waals surface area (Å²) < 4.78 is 5.14. The second-order valence-corrected chi connectivity index (χ2v) is 2.72. The monoisotopic (exact) mass is 178 g/mol. The minimum atomic E-state index is -0.131. The molecule has 2 N–H and O–H groups in total. The smallest absolute Gasteiger partial charge is 0.141 e. The molecule has 3 nitrogen and oxygen atoms in total. The number of hydrogen-bond acceptors (Lipinski definition) is 3. The molecular formula is C10H14N2O. The van der Waals surface area contributed by atoms with E-state index in [1.54, 1.807) is 19.4 Å². The average Bonchev–Trinajstić information content (AvgIpc) is 2.18. The van der Waals surface area contributed by atoms with E-state index in [0.717, 1.165) is 11.4 Å². The van der Waals surface area contributed by atoms with Crippen LogP contribution in [-0.4, -0.2) is 12.1 Å². The number of hydrogen-bond donors (Lipinski definition) is 1. The third-order valence-electron chi connectivity index (χ3n) is 1.79. The van der Waals surface area contributed by atoms with Crippen LogP contribution in [0, 0.1) is 0 Å². The Balaban J connectivity index is 2.91. The molecule has 1 aromatic heterocycles. The van der Waals surface area contributed by atoms with Crippen LogP contribution in [0.25, 0.3) is 0 Å². The summed E-state index contributed by atoms with van der Waals surface area (Å²) in [5.41, 5.74) is 6.65. The molecule has 70 valence electrons. The van der Waals surface area contributed by atoms with Gasteiger partial charge in [0.05, 0.1) is 18.8 Å². The zero-order valence-electron chi connectivity index (χ0n) is 7.73. The lowest BCUT2D eigenvalue weighted by Gasteiger charge is -2.11. The topological polar surface area (TPSA) is 48.1 Å². The Morgan fingerprint density at radius 3 is 3.15 bits per heavy atom. The van der Waals surface area contributed by atoms with Crippen molar-refractivity contribution in [2.45, 2.75) is 12.5 Å². The molecule has 0 amide bonds. The highest BCUT2D eigenvalue weighted by Crippen LogP contribution is 2.22. The Morgan fingerprint density at radius 2 is 2.54 bits per heavy atom. The number of ether oxygens (including phenoxy) is 1. The van der Waals surface area contributed by atoms with Gasteiger partial charge in [0.25, 0.3) is 0 Å². The van der Waals surface area contributed by atoms with Crippen LogP contribution in [0.15, 0.2) is 31.0 Å². The molecule has 0 saturated heterocycles. The summed E-state index contributed by atoms with van der Waals surface area (Å²) >= 11 is 0. The summed E-state index contributed by atoms with van der Waals surface area (Å²) in [5.74, 6) is 0.733. The number of nitrogens with zero attached hydrogens (tertiary/aromatic N) is 1. The van der Waals surface area contributed by atoms with Crippen LogP contribution >= 0.6 is 0 Å². The van der Waals surface area contributed by atoms with Gasteiger partial charge in [-0.3, -0.25) is 4.98 Å². The molecule has 0 aromatic carbocycles. The van der Waals surface area contributed by atoms with Gasteiger partial charge in [0.2, 0.25) is 0 Å². The first-order valence-corrected chi connectivity index (χ1v) is 4.15. The van der Waals surface area contributed by atoms with Crippen molar-refractivity contribution in [1.29, 1.82) is 0 Å². The van der Waals surface area contributed by atoms with Crippen LogP contribution in [0.2, 0.25) is 0 Å². The molecular weight excluding hydrogens is 164 g/mol. The van der Waals surface area contributed by atoms with Gasteiger partial charge in [0, 0.05) is 6.20 Å². The first-order valence-electron chi connectivity index (χ1n) is 4.15. The van der Waals surface area contributed by atoms with E-state index in [9.17, 15) is 0 Å². The third kappa shape index (κ3) is 2.29. The van der Waals surface area contributed by atoms with Crippen molar-refractivity contribution in [2.75, 3.05) is 7.11 Å². The summed E-state index contributed by atoms with van der Waals surface area (Å²) in [6.45, 7) is 3.63. The fraction of sp³-hybridized carbons (Fsp3) is 0.300. The lowest BCUT2D eigenvalue weighted by molar-refractivity contribution is 0.402. The van der Waals surface area contributed by atoms with E-state index in [4.69, 9.17) is 10.5 Å². The van der Waals surface area contributed by atoms with E-state index in [1.165, 1.54) is 0 Å². The molecule has 1 unspecified atom stereocenters. The minimum absolute atomic E-state index is 0.131. The molecule has 0 aliphatic rings. The Bertz CT molecular complexity index is 286. The molecule has 3 heteroatoms. The van der Waals surface area contributed by atoms with Gasteiger partial charge in [-0.2, -0.15) is 0 Å². The summed E-state index contributed by atoms with van der Waals surface area (Å²) in [4.78, 5) is 4.17. The quantitative estimate of drug-likeness (QED) is 0.713. The number of rotatable bonds is 4. The van der Waals surface area contributed by atoms with E-state index >= 15 is 0 Å². The SMILES string of the molecule is C=CCC(N)c1ncccc1OC. The van der Waals surface area contributed by atoms with Gasteiger partial charge in [-0.05, 0) is 18.6 Å². The van der Waals surface area contributed by atoms with E-state index in [-0.39, 0.29) is 6.04 Å². The van der Waals surface area contributed by atoms with Gasteiger partial charge in [-0.1, -0.05) is 6.08 Å². The van der Waals surface area contributed by atoms with E-state index in [0.29, 0.717) is 6.42 Å². The van der Waals surface area contributed by atoms with Gasteiger partial charge in [-0.25, -0.2) is 0 Å². The van der Waals surface area contributed by atoms with Crippen molar-refractivity contribution < 1.29 is 4.74 Å². The fourth-order valence-corrected chi connectivity index (χ4v) is 1.15. The van der Waals surface area contributed by atoms with Crippen molar-refractivity contribution in [1.82, 2.24) is 4.98 Å². The molecule has 0 saturated carbocycles. The van der Waals surface area contributed by atoms with Crippen LogP contribution in [0.3, 0.4) is 0 Å². The van der Waals surface area contributed by atoms with Crippen molar-refractivity contribution in [3.63, 3.8) is 0 Å². The van der Waals surface area contributed by atoms with Gasteiger partial charge >= 0.3 is 0 Å². The molecule has 1 rings (SSSR count). The molecule has 1 heterocycles. The highest BCUT2D eigenvalue weighted by molar-refractivity contribution is 5.29. The third-order valence-corrected chi connectivity index (χ3v) is 1.79. The number of nitrogens with two attached hydrogens (primary N) is 1. The summed E-state index contributed by atoms with van der Waals surface area (Å²) in [5, 5.41) is 0. The normalized spacial score (nSPS) is 12.2. The average molecular weight is 178 g/mol. The first kappa shape index (κ1) is 9.74. The minimum Gasteiger partial charge on any atom is -0.495 e. The summed E-state index contributed by atoms with van der Waals surface area (Å²) in [6.07, 6.45) is 4.19. The summed E-state index contributed by atoms with van der Waals surface area (Å²) in [6, 6.07) is 3.54. The predicted octanol–water partition coefficient (Wildman–Crippen LogP) is 1.67. The van der Waals surface area contributed by atoms with Crippen LogP contribution < -0.4 is 10.5 Å². The number of aromatic nitrogens is 1. The van der Waals surface area contributed by atoms with Crippen LogP contribution in [0.4, 0.5) is 0 Å². The van der Waals surface area contributed by atoms with Crippen LogP contribution in [-0.2, 0) is 0 Å². The predicted molar refractivity (Wildman–Crippen MR) is 52.5 cm³/mol. The first-order chi connectivity index (χ1) is 6.29. The maximum Gasteiger partial charge on any atom is 0.141 e. The highest BCUT2D eigenvalue weighted by atomic mass is 16.5. The van der Waals surface area contributed by atoms with E-state index in [1.807, 2.05) is 12.1 Å². The lowest BCUT2D eigenvalue weighted by atomic mass is 10.1. The number of methoxy groups -OCH3 is 1. The molecule has 0 spiro atoms. The molecule has 1 atom stereocenters. The second-order valence-electron chi connectivity index (χ2n) is 2.72. The van der Waals surface area contributed by atoms with Gasteiger partial charge in [0.15, 0.2) is 0 Å². The Morgan fingerprint density at radius 1 is 1.77 bits per heavy atom. The molecule has 0 aliphatic heterocycles. The summed E-state index contributed by atoms with van der Waals surface area (Å²) in [7, 11) is 1.61. The van der Waals surface area contributed by atoms with Gasteiger partial charge in [-0.15, -0.1) is 6.58 Å². The van der Waals surface area contributed by atoms with Gasteiger partial charge < -0.3 is 10.5 Å². The van der Waals surface area contributed by atoms with Crippen molar-refractivity contribution in [3.8, 4) is 5.75 Å². The Hall–Kier alpha value is -1.35. The Kier molecular flexibility index (Phi) is 3.46. The van der Waals surface area contributed by atoms with Crippen LogP contribution in [0.5, 0.6) is 5.75 Å². The van der Waals surface area contributed by atoms with Gasteiger partial charge in [0.1, 0.15) is 5.75 Å². The van der Waals surface area contributed by atoms with E-state index < -0.39 is 0 Å². The van der Waals surface area contributed by atoms with Crippen molar-refractivity contribution in [2.24, 2.45) is 5.73 Å². The van der Waals surface area contributed by atoms with E-state index in [2.05, 4.69) is 11.6 Å². The fourth-order valence-electron chi connectivity index (χ4n) is 1.15. The Labute approximate surface area is 78.2 Å². The standard InChI is InChI=1S/C10H14N2O/c1-3-5-8(11)10-9(13-2)6-4-7-12-10/h3-4,6-8H,1,5,11H2,2H3. The molecule has 0 fully saturated rings. The maximum atomic E-state index is 5.87. The zero-order valence-corrected chi connectivity index (χ0v) is 7.73. The molecule has 1 aromatic rings. The number of pyridine rings is 1. The van der Waals surface area contributed by atoms with Crippen molar-refractivity contribution in [3.05, 3.63) is 36.7 Å². The molecule has 0 aliphatic carbocycles.